The van der Waals surface area contributed by atoms with E-state index in [1.165, 1.54) is 0 Å². The molecule has 0 radical (unpaired) electrons. The molecule has 1 saturated heterocycles. The number of hydrogen-bond donors (Lipinski definition) is 1. The van der Waals surface area contributed by atoms with Gasteiger partial charge in [0.1, 0.15) is 29.5 Å². The van der Waals surface area contributed by atoms with E-state index >= 15 is 0 Å². The maximum absolute atomic E-state index is 13.2. The zero-order valence-corrected chi connectivity index (χ0v) is 17.4. The molecule has 2 amide bonds. The van der Waals surface area contributed by atoms with Crippen LogP contribution in [0.5, 0.6) is 0 Å². The second kappa shape index (κ2) is 8.26. The highest BCUT2D eigenvalue weighted by Crippen LogP contribution is 2.30. The van der Waals surface area contributed by atoms with Crippen LogP contribution in [0.1, 0.15) is 41.9 Å². The lowest BCUT2D eigenvalue weighted by Gasteiger charge is -2.32. The Hall–Kier alpha value is -3.61. The topological polar surface area (TPSA) is 76.2 Å². The minimum absolute atomic E-state index is 0.0780. The minimum Gasteiger partial charge on any atom is -0.459 e. The Labute approximate surface area is 180 Å². The van der Waals surface area contributed by atoms with Crippen molar-refractivity contribution < 1.29 is 9.21 Å². The third-order valence-electron chi connectivity index (χ3n) is 6.02. The van der Waals surface area contributed by atoms with E-state index in [1.807, 2.05) is 77.2 Å². The van der Waals surface area contributed by atoms with Gasteiger partial charge >= 0.3 is 6.03 Å². The van der Waals surface area contributed by atoms with E-state index < -0.39 is 0 Å². The van der Waals surface area contributed by atoms with Crippen molar-refractivity contribution in [2.45, 2.75) is 24.8 Å². The number of furan rings is 1. The summed E-state index contributed by atoms with van der Waals surface area (Å²) in [6.07, 6.45) is 3.48. The first-order valence-electron chi connectivity index (χ1n) is 10.6. The molecule has 31 heavy (non-hydrogen) atoms. The lowest BCUT2D eigenvalue weighted by molar-refractivity contribution is 0.176. The number of nitrogens with zero attached hydrogens (tertiary/aromatic N) is 4. The number of fused-ring (bicyclic) bond motifs is 1. The monoisotopic (exact) mass is 415 g/mol. The lowest BCUT2D eigenvalue weighted by atomic mass is 9.96. The van der Waals surface area contributed by atoms with Crippen LogP contribution in [0.25, 0.3) is 11.0 Å². The van der Waals surface area contributed by atoms with E-state index in [2.05, 4.69) is 15.5 Å². The number of hydrogen-bond acceptors (Lipinski definition) is 4. The molecule has 5 rings (SSSR count). The Bertz CT molecular complexity index is 1140. The second-order valence-corrected chi connectivity index (χ2v) is 8.04. The fraction of sp³-hybridized carbons (Fsp3) is 0.292. The molecule has 1 fully saturated rings. The number of urea groups is 1. The van der Waals surface area contributed by atoms with Crippen LogP contribution >= 0.6 is 0 Å². The summed E-state index contributed by atoms with van der Waals surface area (Å²) in [6.45, 7) is 1.37. The maximum Gasteiger partial charge on any atom is 0.318 e. The number of nitrogens with one attached hydrogen (secondary N) is 1. The molecule has 4 aromatic rings. The summed E-state index contributed by atoms with van der Waals surface area (Å²) >= 11 is 0. The van der Waals surface area contributed by atoms with Gasteiger partial charge in [0.25, 0.3) is 0 Å². The average molecular weight is 415 g/mol. The van der Waals surface area contributed by atoms with Gasteiger partial charge in [-0.15, -0.1) is 10.2 Å². The zero-order chi connectivity index (χ0) is 21.2. The molecule has 3 heterocycles. The molecular formula is C24H25N5O2. The minimum atomic E-state index is -0.349. The second-order valence-electron chi connectivity index (χ2n) is 8.04. The van der Waals surface area contributed by atoms with Gasteiger partial charge in [0.05, 0.1) is 0 Å². The quantitative estimate of drug-likeness (QED) is 0.541. The van der Waals surface area contributed by atoms with Crippen molar-refractivity contribution in [2.75, 3.05) is 13.1 Å². The molecule has 7 nitrogen and oxygen atoms in total. The molecule has 1 aliphatic heterocycles. The summed E-state index contributed by atoms with van der Waals surface area (Å²) in [5, 5.41) is 12.5. The van der Waals surface area contributed by atoms with Crippen LogP contribution in [0.4, 0.5) is 4.79 Å². The third kappa shape index (κ3) is 3.91. The number of carbonyl (C=O) groups excluding carboxylic acids is 1. The van der Waals surface area contributed by atoms with Crippen LogP contribution in [0.3, 0.4) is 0 Å². The summed E-state index contributed by atoms with van der Waals surface area (Å²) in [5.74, 6) is 2.05. The highest BCUT2D eigenvalue weighted by molar-refractivity contribution is 5.79. The summed E-state index contributed by atoms with van der Waals surface area (Å²) < 4.78 is 8.07. The van der Waals surface area contributed by atoms with E-state index in [-0.39, 0.29) is 12.1 Å². The van der Waals surface area contributed by atoms with Crippen LogP contribution in [-0.4, -0.2) is 38.8 Å². The first kappa shape index (κ1) is 19.4. The molecule has 1 aliphatic rings. The maximum atomic E-state index is 13.2. The number of aromatic nitrogens is 3. The van der Waals surface area contributed by atoms with Crippen LogP contribution < -0.4 is 5.32 Å². The Morgan fingerprint density at radius 2 is 1.84 bits per heavy atom. The Morgan fingerprint density at radius 1 is 1.10 bits per heavy atom. The van der Waals surface area contributed by atoms with Gasteiger partial charge in [0.2, 0.25) is 0 Å². The highest BCUT2D eigenvalue weighted by Gasteiger charge is 2.29. The molecule has 0 spiro atoms. The zero-order valence-electron chi connectivity index (χ0n) is 17.4. The summed E-state index contributed by atoms with van der Waals surface area (Å²) in [5.41, 5.74) is 1.81. The molecule has 0 bridgehead atoms. The number of amides is 2. The number of piperidine rings is 1. The number of likely N-dealkylation sites (tertiary alicyclic amines) is 1. The van der Waals surface area contributed by atoms with Crippen molar-refractivity contribution in [3.05, 3.63) is 84.1 Å². The first-order chi connectivity index (χ1) is 15.2. The SMILES string of the molecule is Cn1cnnc1C1CCN(C(=O)NC(c2ccccc2)c2cc3ccccc3o2)CC1. The molecule has 158 valence electrons. The summed E-state index contributed by atoms with van der Waals surface area (Å²) in [6, 6.07) is 19.4. The first-order valence-corrected chi connectivity index (χ1v) is 10.6. The predicted octanol–water partition coefficient (Wildman–Crippen LogP) is 4.24. The standard InChI is InChI=1S/C24H25N5O2/c1-28-16-25-27-23(28)18-11-13-29(14-12-18)24(30)26-22(17-7-3-2-4-8-17)21-15-19-9-5-6-10-20(19)31-21/h2-10,15-16,18,22H,11-14H2,1H3,(H,26,30). The Kier molecular flexibility index (Phi) is 5.16. The van der Waals surface area contributed by atoms with E-state index in [9.17, 15) is 4.79 Å². The molecule has 1 N–H and O–H groups in total. The van der Waals surface area contributed by atoms with Crippen molar-refractivity contribution >= 4 is 17.0 Å². The Balaban J connectivity index is 1.33. The van der Waals surface area contributed by atoms with E-state index in [4.69, 9.17) is 4.42 Å². The van der Waals surface area contributed by atoms with Gasteiger partial charge in [-0.2, -0.15) is 0 Å². The van der Waals surface area contributed by atoms with E-state index in [1.54, 1.807) is 6.33 Å². The predicted molar refractivity (Wildman–Crippen MR) is 118 cm³/mol. The van der Waals surface area contributed by atoms with E-state index in [0.29, 0.717) is 19.0 Å². The summed E-state index contributed by atoms with van der Waals surface area (Å²) in [4.78, 5) is 15.1. The number of para-hydroxylation sites is 1. The largest absolute Gasteiger partial charge is 0.459 e. The molecule has 1 unspecified atom stereocenters. The van der Waals surface area contributed by atoms with Crippen molar-refractivity contribution in [3.63, 3.8) is 0 Å². The molecule has 2 aromatic carbocycles. The van der Waals surface area contributed by atoms with Crippen molar-refractivity contribution in [1.82, 2.24) is 25.0 Å². The van der Waals surface area contributed by atoms with Gasteiger partial charge in [0, 0.05) is 31.4 Å². The molecule has 7 heteroatoms. The van der Waals surface area contributed by atoms with Crippen LogP contribution in [-0.2, 0) is 7.05 Å². The fourth-order valence-electron chi connectivity index (χ4n) is 4.33. The highest BCUT2D eigenvalue weighted by atomic mass is 16.3. The van der Waals surface area contributed by atoms with Gasteiger partial charge in [-0.1, -0.05) is 48.5 Å². The fourth-order valence-corrected chi connectivity index (χ4v) is 4.33. The smallest absolute Gasteiger partial charge is 0.318 e. The number of benzene rings is 2. The van der Waals surface area contributed by atoms with Gasteiger partial charge < -0.3 is 19.2 Å². The van der Waals surface area contributed by atoms with Crippen LogP contribution in [0.15, 0.2) is 71.4 Å². The van der Waals surface area contributed by atoms with Gasteiger partial charge in [-0.3, -0.25) is 0 Å². The number of rotatable bonds is 4. The Morgan fingerprint density at radius 3 is 2.55 bits per heavy atom. The van der Waals surface area contributed by atoms with Gasteiger partial charge in [0.15, 0.2) is 0 Å². The third-order valence-corrected chi connectivity index (χ3v) is 6.02. The lowest BCUT2D eigenvalue weighted by Crippen LogP contribution is -2.45. The molecule has 2 aromatic heterocycles. The van der Waals surface area contributed by atoms with Crippen molar-refractivity contribution in [2.24, 2.45) is 7.05 Å². The van der Waals surface area contributed by atoms with Crippen molar-refractivity contribution in [1.29, 1.82) is 0 Å². The summed E-state index contributed by atoms with van der Waals surface area (Å²) in [7, 11) is 1.96. The molecule has 1 atom stereocenters. The number of carbonyl (C=O) groups is 1. The molecular weight excluding hydrogens is 390 g/mol. The molecule has 0 aliphatic carbocycles. The van der Waals surface area contributed by atoms with E-state index in [0.717, 1.165) is 41.0 Å². The molecule has 0 saturated carbocycles. The van der Waals surface area contributed by atoms with Gasteiger partial charge in [-0.05, 0) is 30.5 Å². The van der Waals surface area contributed by atoms with Crippen LogP contribution in [0, 0.1) is 0 Å². The average Bonchev–Trinajstić information content (AvgIpc) is 3.44. The van der Waals surface area contributed by atoms with Crippen molar-refractivity contribution in [3.8, 4) is 0 Å². The normalized spacial score (nSPS) is 15.8. The number of aryl methyl sites for hydroxylation is 1. The van der Waals surface area contributed by atoms with Crippen LogP contribution in [0.2, 0.25) is 0 Å². The van der Waals surface area contributed by atoms with Gasteiger partial charge in [-0.25, -0.2) is 4.79 Å².